The van der Waals surface area contributed by atoms with Crippen LogP contribution in [0.1, 0.15) is 213 Å². The van der Waals surface area contributed by atoms with E-state index < -0.39 is 74.2 Å². The number of rotatable bonds is 43. The van der Waals surface area contributed by atoms with Gasteiger partial charge in [-0.25, -0.2) is 0 Å². The molecule has 0 aromatic rings. The molecule has 1 aliphatic heterocycles. The molecule has 0 bridgehead atoms. The van der Waals surface area contributed by atoms with Crippen LogP contribution < -0.4 is 5.32 Å². The van der Waals surface area contributed by atoms with Gasteiger partial charge in [-0.3, -0.25) is 4.79 Å². The van der Waals surface area contributed by atoms with E-state index in [0.29, 0.717) is 19.3 Å². The average Bonchev–Trinajstić information content (AvgIpc) is 3.29. The van der Waals surface area contributed by atoms with E-state index in [1.54, 1.807) is 0 Å². The van der Waals surface area contributed by atoms with E-state index >= 15 is 0 Å². The third-order valence-corrected chi connectivity index (χ3v) is 12.4. The molecule has 0 aliphatic carbocycles. The first kappa shape index (κ1) is 60.1. The predicted molar refractivity (Wildman–Crippen MR) is 261 cm³/mol. The summed E-state index contributed by atoms with van der Waals surface area (Å²) in [6.07, 6.45) is 40.5. The molecule has 1 amide bonds. The lowest BCUT2D eigenvalue weighted by Crippen LogP contribution is -2.60. The molecular formula is C53H97NO10. The van der Waals surface area contributed by atoms with Crippen LogP contribution in [0.3, 0.4) is 0 Å². The highest BCUT2D eigenvalue weighted by Crippen LogP contribution is 2.23. The van der Waals surface area contributed by atoms with Gasteiger partial charge in [-0.15, -0.1) is 0 Å². The summed E-state index contributed by atoms with van der Waals surface area (Å²) in [5, 5.41) is 75.7. The van der Waals surface area contributed by atoms with Gasteiger partial charge in [0.1, 0.15) is 36.6 Å². The van der Waals surface area contributed by atoms with Gasteiger partial charge in [0.2, 0.25) is 5.91 Å². The minimum atomic E-state index is -1.67. The fourth-order valence-electron chi connectivity index (χ4n) is 8.12. The second-order valence-electron chi connectivity index (χ2n) is 18.2. The van der Waals surface area contributed by atoms with E-state index in [4.69, 9.17) is 9.47 Å². The minimum absolute atomic E-state index is 0.238. The highest BCUT2D eigenvalue weighted by molar-refractivity contribution is 5.80. The Kier molecular flexibility index (Phi) is 39.8. The van der Waals surface area contributed by atoms with E-state index in [9.17, 15) is 40.5 Å². The minimum Gasteiger partial charge on any atom is -0.394 e. The van der Waals surface area contributed by atoms with Gasteiger partial charge >= 0.3 is 0 Å². The molecule has 1 rings (SSSR count). The zero-order valence-electron chi connectivity index (χ0n) is 40.5. The highest BCUT2D eigenvalue weighted by Gasteiger charge is 2.44. The number of aliphatic hydroxyl groups is 7. The van der Waals surface area contributed by atoms with Gasteiger partial charge in [0.15, 0.2) is 6.29 Å². The van der Waals surface area contributed by atoms with Crippen LogP contribution >= 0.6 is 0 Å². The summed E-state index contributed by atoms with van der Waals surface area (Å²) in [7, 11) is 0. The van der Waals surface area contributed by atoms with Crippen molar-refractivity contribution in [1.82, 2.24) is 5.32 Å². The van der Waals surface area contributed by atoms with Gasteiger partial charge in [-0.2, -0.15) is 0 Å². The lowest BCUT2D eigenvalue weighted by molar-refractivity contribution is -0.303. The molecule has 11 nitrogen and oxygen atoms in total. The quantitative estimate of drug-likeness (QED) is 0.0216. The first-order valence-corrected chi connectivity index (χ1v) is 26.0. The standard InChI is InChI=1S/C53H97NO10/c1-3-5-7-9-11-13-15-17-18-19-20-21-22-23-24-25-26-27-28-29-31-33-35-37-39-41-46(57)52(62)54-44(43-63-53-51(61)50(60)49(59)47(42-55)64-53)48(58)45(56)40-38-36-34-32-30-16-14-12-10-8-6-4-2/h4,6,12,14,23-24,32,34,44-51,53,55-61H,3,5,7-11,13,15-22,25-31,33,35-43H2,1-2H3,(H,54,62)/b6-4+,14-12+,24-23-,34-32+. The number of carbonyl (C=O) groups is 1. The number of nitrogens with one attached hydrogen (secondary N) is 1. The highest BCUT2D eigenvalue weighted by atomic mass is 16.7. The number of unbranched alkanes of at least 4 members (excludes halogenated alkanes) is 24. The van der Waals surface area contributed by atoms with Crippen molar-refractivity contribution in [2.24, 2.45) is 0 Å². The molecule has 9 atom stereocenters. The van der Waals surface area contributed by atoms with Crippen molar-refractivity contribution < 1.29 is 50.0 Å². The SMILES string of the molecule is C/C=C/CC/C=C/CC/C=C/CCCC(O)C(O)C(COC1OC(CO)C(O)C(O)C1O)NC(=O)C(O)CCCCCCCCCCC/C=C\CCCCCCCCCCCCCC. The zero-order chi connectivity index (χ0) is 46.9. The molecule has 1 aliphatic rings. The van der Waals surface area contributed by atoms with Crippen molar-refractivity contribution in [3.8, 4) is 0 Å². The number of carbonyl (C=O) groups excluding carboxylic acids is 1. The van der Waals surface area contributed by atoms with E-state index in [2.05, 4.69) is 54.8 Å². The summed E-state index contributed by atoms with van der Waals surface area (Å²) >= 11 is 0. The van der Waals surface area contributed by atoms with Gasteiger partial charge in [-0.05, 0) is 84.0 Å². The van der Waals surface area contributed by atoms with Crippen LogP contribution in [0.2, 0.25) is 0 Å². The number of allylic oxidation sites excluding steroid dienone is 8. The van der Waals surface area contributed by atoms with Crippen LogP contribution in [-0.2, 0) is 14.3 Å². The zero-order valence-corrected chi connectivity index (χ0v) is 40.5. The number of hydrogen-bond acceptors (Lipinski definition) is 10. The molecule has 1 fully saturated rings. The van der Waals surface area contributed by atoms with Crippen LogP contribution in [0.25, 0.3) is 0 Å². The molecule has 374 valence electrons. The normalized spacial score (nSPS) is 21.4. The smallest absolute Gasteiger partial charge is 0.249 e. The summed E-state index contributed by atoms with van der Waals surface area (Å²) in [5.74, 6) is -0.716. The first-order valence-electron chi connectivity index (χ1n) is 26.0. The summed E-state index contributed by atoms with van der Waals surface area (Å²) in [6, 6.07) is -1.19. The lowest BCUT2D eigenvalue weighted by Gasteiger charge is -2.40. The lowest BCUT2D eigenvalue weighted by atomic mass is 9.98. The second kappa shape index (κ2) is 42.4. The van der Waals surface area contributed by atoms with Crippen molar-refractivity contribution in [3.05, 3.63) is 48.6 Å². The van der Waals surface area contributed by atoms with Crippen molar-refractivity contribution in [2.45, 2.75) is 268 Å². The average molecular weight is 908 g/mol. The van der Waals surface area contributed by atoms with E-state index in [1.807, 2.05) is 13.0 Å². The van der Waals surface area contributed by atoms with Gasteiger partial charge in [0.05, 0.1) is 25.4 Å². The number of hydrogen-bond donors (Lipinski definition) is 8. The molecule has 0 aromatic heterocycles. The molecule has 0 saturated carbocycles. The van der Waals surface area contributed by atoms with E-state index in [-0.39, 0.29) is 12.8 Å². The maximum atomic E-state index is 13.1. The largest absolute Gasteiger partial charge is 0.394 e. The van der Waals surface area contributed by atoms with E-state index in [0.717, 1.165) is 44.9 Å². The van der Waals surface area contributed by atoms with Gasteiger partial charge in [0, 0.05) is 0 Å². The van der Waals surface area contributed by atoms with Crippen LogP contribution in [-0.4, -0.2) is 110 Å². The maximum absolute atomic E-state index is 13.1. The van der Waals surface area contributed by atoms with Gasteiger partial charge in [0.25, 0.3) is 0 Å². The van der Waals surface area contributed by atoms with Crippen LogP contribution in [0.4, 0.5) is 0 Å². The van der Waals surface area contributed by atoms with Crippen LogP contribution in [0.5, 0.6) is 0 Å². The summed E-state index contributed by atoms with van der Waals surface area (Å²) < 4.78 is 11.1. The van der Waals surface area contributed by atoms with Crippen LogP contribution in [0.15, 0.2) is 48.6 Å². The third kappa shape index (κ3) is 31.1. The molecule has 1 saturated heterocycles. The second-order valence-corrected chi connectivity index (χ2v) is 18.2. The molecule has 0 radical (unpaired) electrons. The van der Waals surface area contributed by atoms with Gasteiger partial charge in [-0.1, -0.05) is 178 Å². The maximum Gasteiger partial charge on any atom is 0.249 e. The summed E-state index contributed by atoms with van der Waals surface area (Å²) in [6.45, 7) is 3.21. The van der Waals surface area contributed by atoms with Gasteiger partial charge < -0.3 is 50.5 Å². The van der Waals surface area contributed by atoms with Crippen molar-refractivity contribution in [2.75, 3.05) is 13.2 Å². The molecule has 0 spiro atoms. The Balaban J connectivity index is 2.33. The number of amides is 1. The fraction of sp³-hybridized carbons (Fsp3) is 0.830. The molecule has 8 N–H and O–H groups in total. The first-order chi connectivity index (χ1) is 31.2. The molecular weight excluding hydrogens is 811 g/mol. The Morgan fingerprint density at radius 3 is 1.48 bits per heavy atom. The third-order valence-electron chi connectivity index (χ3n) is 12.4. The number of aliphatic hydroxyl groups excluding tert-OH is 7. The molecule has 1 heterocycles. The van der Waals surface area contributed by atoms with Crippen molar-refractivity contribution in [1.29, 1.82) is 0 Å². The Morgan fingerprint density at radius 1 is 0.562 bits per heavy atom. The molecule has 64 heavy (non-hydrogen) atoms. The Morgan fingerprint density at radius 2 is 1.00 bits per heavy atom. The Bertz CT molecular complexity index is 1180. The predicted octanol–water partition coefficient (Wildman–Crippen LogP) is 9.73. The molecule has 0 aromatic carbocycles. The van der Waals surface area contributed by atoms with Crippen molar-refractivity contribution in [3.63, 3.8) is 0 Å². The van der Waals surface area contributed by atoms with E-state index in [1.165, 1.54) is 122 Å². The molecule has 9 unspecified atom stereocenters. The fourth-order valence-corrected chi connectivity index (χ4v) is 8.12. The van der Waals surface area contributed by atoms with Crippen molar-refractivity contribution >= 4 is 5.91 Å². The van der Waals surface area contributed by atoms with Crippen LogP contribution in [0, 0.1) is 0 Å². The summed E-state index contributed by atoms with van der Waals surface area (Å²) in [5.41, 5.74) is 0. The number of ether oxygens (including phenoxy) is 2. The summed E-state index contributed by atoms with van der Waals surface area (Å²) in [4.78, 5) is 13.1. The topological polar surface area (TPSA) is 189 Å². The Hall–Kier alpha value is -1.93. The molecule has 11 heteroatoms. The monoisotopic (exact) mass is 908 g/mol. The Labute approximate surface area is 389 Å².